The molecular formula is C22H19F3N4O2. The summed E-state index contributed by atoms with van der Waals surface area (Å²) in [6, 6.07) is 17.1. The van der Waals surface area contributed by atoms with Gasteiger partial charge in [-0.05, 0) is 54.1 Å². The van der Waals surface area contributed by atoms with E-state index in [1.54, 1.807) is 48.5 Å². The van der Waals surface area contributed by atoms with Gasteiger partial charge in [0.05, 0.1) is 16.9 Å². The smallest absolute Gasteiger partial charge is 0.397 e. The van der Waals surface area contributed by atoms with Crippen LogP contribution in [0.4, 0.5) is 35.0 Å². The molecule has 3 amide bonds. The third-order valence-corrected chi connectivity index (χ3v) is 4.35. The first-order valence-electron chi connectivity index (χ1n) is 9.19. The Balaban J connectivity index is 1.51. The van der Waals surface area contributed by atoms with Crippen molar-refractivity contribution in [3.63, 3.8) is 0 Å². The molecule has 160 valence electrons. The van der Waals surface area contributed by atoms with E-state index in [4.69, 9.17) is 5.73 Å². The Morgan fingerprint density at radius 1 is 0.839 bits per heavy atom. The molecule has 31 heavy (non-hydrogen) atoms. The standard InChI is InChI=1S/C22H19F3N4O2/c23-22(24,25)16-9-11-17(12-10-16)28-21(31)27-13-14-5-7-15(8-6-14)20(30)29-19-4-2-1-3-18(19)26/h1-12H,13,26H2,(H,29,30)(H2,27,28,31). The summed E-state index contributed by atoms with van der Waals surface area (Å²) in [5.74, 6) is -0.322. The number of carbonyl (C=O) groups excluding carboxylic acids is 2. The first kappa shape index (κ1) is 21.7. The largest absolute Gasteiger partial charge is 0.416 e. The average molecular weight is 428 g/mol. The molecule has 0 atom stereocenters. The molecule has 3 rings (SSSR count). The number of rotatable bonds is 5. The van der Waals surface area contributed by atoms with Gasteiger partial charge >= 0.3 is 12.2 Å². The van der Waals surface area contributed by atoms with Crippen LogP contribution >= 0.6 is 0 Å². The molecule has 0 aliphatic rings. The van der Waals surface area contributed by atoms with Crippen molar-refractivity contribution in [3.8, 4) is 0 Å². The van der Waals surface area contributed by atoms with Crippen molar-refractivity contribution in [3.05, 3.63) is 89.5 Å². The summed E-state index contributed by atoms with van der Waals surface area (Å²) in [5.41, 5.74) is 7.37. The number of para-hydroxylation sites is 2. The number of carbonyl (C=O) groups is 2. The van der Waals surface area contributed by atoms with Gasteiger partial charge in [-0.15, -0.1) is 0 Å². The third-order valence-electron chi connectivity index (χ3n) is 4.35. The topological polar surface area (TPSA) is 96.2 Å². The highest BCUT2D eigenvalue weighted by Gasteiger charge is 2.29. The second-order valence-corrected chi connectivity index (χ2v) is 6.62. The van der Waals surface area contributed by atoms with Crippen LogP contribution in [0.1, 0.15) is 21.5 Å². The molecule has 5 N–H and O–H groups in total. The van der Waals surface area contributed by atoms with Gasteiger partial charge in [-0.25, -0.2) is 4.79 Å². The van der Waals surface area contributed by atoms with Crippen LogP contribution in [-0.2, 0) is 12.7 Å². The highest BCUT2D eigenvalue weighted by molar-refractivity contribution is 6.05. The van der Waals surface area contributed by atoms with E-state index in [2.05, 4.69) is 16.0 Å². The summed E-state index contributed by atoms with van der Waals surface area (Å²) in [7, 11) is 0. The zero-order valence-electron chi connectivity index (χ0n) is 16.2. The van der Waals surface area contributed by atoms with E-state index in [-0.39, 0.29) is 18.1 Å². The fraction of sp³-hybridized carbons (Fsp3) is 0.0909. The van der Waals surface area contributed by atoms with Crippen molar-refractivity contribution in [1.82, 2.24) is 5.32 Å². The zero-order valence-corrected chi connectivity index (χ0v) is 16.2. The predicted octanol–water partition coefficient (Wildman–Crippen LogP) is 4.86. The van der Waals surface area contributed by atoms with Crippen molar-refractivity contribution in [1.29, 1.82) is 0 Å². The van der Waals surface area contributed by atoms with Crippen LogP contribution in [0.5, 0.6) is 0 Å². The van der Waals surface area contributed by atoms with Crippen LogP contribution in [0.2, 0.25) is 0 Å². The lowest BCUT2D eigenvalue weighted by Gasteiger charge is -2.10. The maximum atomic E-state index is 12.6. The molecule has 0 bridgehead atoms. The number of nitrogens with two attached hydrogens (primary N) is 1. The van der Waals surface area contributed by atoms with Crippen LogP contribution in [0, 0.1) is 0 Å². The van der Waals surface area contributed by atoms with E-state index in [9.17, 15) is 22.8 Å². The van der Waals surface area contributed by atoms with E-state index >= 15 is 0 Å². The minimum atomic E-state index is -4.43. The van der Waals surface area contributed by atoms with Gasteiger partial charge < -0.3 is 21.7 Å². The summed E-state index contributed by atoms with van der Waals surface area (Å²) < 4.78 is 37.7. The Hall–Kier alpha value is -4.01. The first-order chi connectivity index (χ1) is 14.7. The normalized spacial score (nSPS) is 10.9. The van der Waals surface area contributed by atoms with Crippen molar-refractivity contribution in [2.75, 3.05) is 16.4 Å². The molecule has 6 nitrogen and oxygen atoms in total. The molecule has 0 spiro atoms. The van der Waals surface area contributed by atoms with E-state index in [0.29, 0.717) is 16.9 Å². The molecule has 0 saturated heterocycles. The second kappa shape index (κ2) is 9.21. The number of anilines is 3. The van der Waals surface area contributed by atoms with Gasteiger partial charge in [-0.3, -0.25) is 4.79 Å². The first-order valence-corrected chi connectivity index (χ1v) is 9.19. The molecule has 0 unspecified atom stereocenters. The quantitative estimate of drug-likeness (QED) is 0.437. The van der Waals surface area contributed by atoms with E-state index in [1.807, 2.05) is 0 Å². The summed E-state index contributed by atoms with van der Waals surface area (Å²) in [5, 5.41) is 7.78. The molecular weight excluding hydrogens is 409 g/mol. The molecule has 3 aromatic rings. The fourth-order valence-electron chi connectivity index (χ4n) is 2.68. The number of hydrogen-bond donors (Lipinski definition) is 4. The Labute approximate surface area is 176 Å². The molecule has 0 aliphatic carbocycles. The van der Waals surface area contributed by atoms with Gasteiger partial charge in [0.25, 0.3) is 5.91 Å². The van der Waals surface area contributed by atoms with Gasteiger partial charge in [0.15, 0.2) is 0 Å². The molecule has 0 aliphatic heterocycles. The fourth-order valence-corrected chi connectivity index (χ4v) is 2.68. The van der Waals surface area contributed by atoms with Gasteiger partial charge in [0.1, 0.15) is 0 Å². The van der Waals surface area contributed by atoms with Crippen molar-refractivity contribution >= 4 is 29.0 Å². The Morgan fingerprint density at radius 3 is 2.10 bits per heavy atom. The number of urea groups is 1. The Morgan fingerprint density at radius 2 is 1.48 bits per heavy atom. The maximum Gasteiger partial charge on any atom is 0.416 e. The number of nitrogens with one attached hydrogen (secondary N) is 3. The molecule has 0 saturated carbocycles. The monoisotopic (exact) mass is 428 g/mol. The Bertz CT molecular complexity index is 1070. The lowest BCUT2D eigenvalue weighted by molar-refractivity contribution is -0.137. The van der Waals surface area contributed by atoms with Crippen LogP contribution in [0.25, 0.3) is 0 Å². The molecule has 9 heteroatoms. The van der Waals surface area contributed by atoms with Crippen molar-refractivity contribution < 1.29 is 22.8 Å². The van der Waals surface area contributed by atoms with Crippen LogP contribution in [0.3, 0.4) is 0 Å². The van der Waals surface area contributed by atoms with Crippen molar-refractivity contribution in [2.45, 2.75) is 12.7 Å². The predicted molar refractivity (Wildman–Crippen MR) is 113 cm³/mol. The number of alkyl halides is 3. The number of amides is 3. The lowest BCUT2D eigenvalue weighted by Crippen LogP contribution is -2.28. The van der Waals surface area contributed by atoms with Crippen LogP contribution < -0.4 is 21.7 Å². The van der Waals surface area contributed by atoms with Crippen molar-refractivity contribution in [2.24, 2.45) is 0 Å². The highest BCUT2D eigenvalue weighted by Crippen LogP contribution is 2.29. The molecule has 0 aromatic heterocycles. The van der Waals surface area contributed by atoms with Gasteiger partial charge in [0, 0.05) is 17.8 Å². The number of hydrogen-bond acceptors (Lipinski definition) is 3. The number of nitrogen functional groups attached to an aromatic ring is 1. The van der Waals surface area contributed by atoms with Crippen LogP contribution in [0.15, 0.2) is 72.8 Å². The maximum absolute atomic E-state index is 12.6. The van der Waals surface area contributed by atoms with Gasteiger partial charge in [-0.2, -0.15) is 13.2 Å². The molecule has 0 fully saturated rings. The second-order valence-electron chi connectivity index (χ2n) is 6.62. The zero-order chi connectivity index (χ0) is 22.4. The summed E-state index contributed by atoms with van der Waals surface area (Å²) in [6.45, 7) is 0.167. The third kappa shape index (κ3) is 5.99. The van der Waals surface area contributed by atoms with E-state index in [0.717, 1.165) is 17.7 Å². The van der Waals surface area contributed by atoms with Crippen LogP contribution in [-0.4, -0.2) is 11.9 Å². The van der Waals surface area contributed by atoms with E-state index in [1.165, 1.54) is 12.1 Å². The lowest BCUT2D eigenvalue weighted by atomic mass is 10.1. The number of halogens is 3. The average Bonchev–Trinajstić information content (AvgIpc) is 2.74. The van der Waals surface area contributed by atoms with Gasteiger partial charge in [-0.1, -0.05) is 24.3 Å². The number of benzene rings is 3. The summed E-state index contributed by atoms with van der Waals surface area (Å²) in [4.78, 5) is 24.3. The highest BCUT2D eigenvalue weighted by atomic mass is 19.4. The summed E-state index contributed by atoms with van der Waals surface area (Å²) in [6.07, 6.45) is -4.43. The molecule has 3 aromatic carbocycles. The minimum Gasteiger partial charge on any atom is -0.397 e. The Kier molecular flexibility index (Phi) is 6.44. The van der Waals surface area contributed by atoms with Gasteiger partial charge in [0.2, 0.25) is 0 Å². The molecule has 0 radical (unpaired) electrons. The SMILES string of the molecule is Nc1ccccc1NC(=O)c1ccc(CNC(=O)Nc2ccc(C(F)(F)F)cc2)cc1. The minimum absolute atomic E-state index is 0.167. The van der Waals surface area contributed by atoms with E-state index < -0.39 is 17.8 Å². The summed E-state index contributed by atoms with van der Waals surface area (Å²) >= 11 is 0. The molecule has 0 heterocycles.